The number of benzene rings is 6. The summed E-state index contributed by atoms with van der Waals surface area (Å²) < 4.78 is 0. The van der Waals surface area contributed by atoms with E-state index in [4.69, 9.17) is 4.99 Å². The van der Waals surface area contributed by atoms with E-state index in [0.29, 0.717) is 6.54 Å². The average Bonchev–Trinajstić information content (AvgIpc) is 3.12. The van der Waals surface area contributed by atoms with Gasteiger partial charge in [-0.2, -0.15) is 0 Å². The van der Waals surface area contributed by atoms with Gasteiger partial charge in [0.15, 0.2) is 0 Å². The molecule has 0 radical (unpaired) electrons. The summed E-state index contributed by atoms with van der Waals surface area (Å²) >= 11 is 0. The maximum atomic E-state index is 5.21. The van der Waals surface area contributed by atoms with E-state index in [2.05, 4.69) is 170 Å². The maximum absolute atomic E-state index is 5.21. The van der Waals surface area contributed by atoms with Gasteiger partial charge in [0.25, 0.3) is 0 Å². The molecule has 6 rings (SSSR count). The van der Waals surface area contributed by atoms with Gasteiger partial charge in [0, 0.05) is 11.1 Å². The highest BCUT2D eigenvalue weighted by Gasteiger charge is 2.10. The molecule has 46 heavy (non-hydrogen) atoms. The average molecular weight is 593 g/mol. The Hall–Kier alpha value is -5.86. The minimum Gasteiger partial charge on any atom is -0.280 e. The van der Waals surface area contributed by atoms with Crippen LogP contribution >= 0.6 is 0 Å². The normalized spacial score (nSPS) is 12.6. The van der Waals surface area contributed by atoms with Crippen LogP contribution < -0.4 is 0 Å². The molecular formula is C44H36N2. The van der Waals surface area contributed by atoms with Gasteiger partial charge in [0.05, 0.1) is 18.0 Å². The lowest BCUT2D eigenvalue weighted by atomic mass is 9.95. The van der Waals surface area contributed by atoms with E-state index in [9.17, 15) is 0 Å². The first-order chi connectivity index (χ1) is 22.7. The van der Waals surface area contributed by atoms with Crippen molar-refractivity contribution < 1.29 is 0 Å². The van der Waals surface area contributed by atoms with Crippen LogP contribution in [0.25, 0.3) is 43.9 Å². The summed E-state index contributed by atoms with van der Waals surface area (Å²) in [7, 11) is 0. The molecule has 0 N–H and O–H groups in total. The van der Waals surface area contributed by atoms with E-state index in [1.165, 1.54) is 27.1 Å². The molecule has 0 aliphatic heterocycles. The van der Waals surface area contributed by atoms with Gasteiger partial charge in [-0.1, -0.05) is 146 Å². The van der Waals surface area contributed by atoms with Crippen LogP contribution in [-0.2, 0) is 6.54 Å². The Morgan fingerprint density at radius 3 is 2.22 bits per heavy atom. The summed E-state index contributed by atoms with van der Waals surface area (Å²) in [5.74, 6) is 0. The Bertz CT molecular complexity index is 2170. The molecule has 222 valence electrons. The van der Waals surface area contributed by atoms with Crippen molar-refractivity contribution in [3.05, 3.63) is 193 Å². The van der Waals surface area contributed by atoms with Crippen molar-refractivity contribution in [2.24, 2.45) is 9.98 Å². The highest BCUT2D eigenvalue weighted by atomic mass is 14.8. The van der Waals surface area contributed by atoms with Crippen molar-refractivity contribution in [1.29, 1.82) is 0 Å². The SMILES string of the molecule is C=C/C=C\C(=C/C)c1cccc(/C(=C/C(=NCc2ccc3ccccc3c2)c2cccc(-c3cccc4ccccc34)c2)N=C)c1. The van der Waals surface area contributed by atoms with Gasteiger partial charge >= 0.3 is 0 Å². The molecule has 0 aliphatic rings. The van der Waals surface area contributed by atoms with Gasteiger partial charge in [-0.3, -0.25) is 9.98 Å². The minimum absolute atomic E-state index is 0.536. The van der Waals surface area contributed by atoms with Gasteiger partial charge < -0.3 is 0 Å². The van der Waals surface area contributed by atoms with Crippen molar-refractivity contribution in [1.82, 2.24) is 0 Å². The third-order valence-electron chi connectivity index (χ3n) is 8.16. The van der Waals surface area contributed by atoms with Crippen LogP contribution in [0.4, 0.5) is 0 Å². The highest BCUT2D eigenvalue weighted by Crippen LogP contribution is 2.30. The fraction of sp³-hybridized carbons (Fsp3) is 0.0455. The van der Waals surface area contributed by atoms with Crippen LogP contribution in [0.5, 0.6) is 0 Å². The van der Waals surface area contributed by atoms with Crippen molar-refractivity contribution in [2.45, 2.75) is 13.5 Å². The molecule has 0 bridgehead atoms. The minimum atomic E-state index is 0.536. The third-order valence-corrected chi connectivity index (χ3v) is 8.16. The molecule has 0 unspecified atom stereocenters. The first-order valence-electron chi connectivity index (χ1n) is 15.5. The molecule has 0 amide bonds. The number of rotatable bonds is 10. The molecule has 0 saturated heterocycles. The van der Waals surface area contributed by atoms with E-state index in [0.717, 1.165) is 44.8 Å². The second kappa shape index (κ2) is 14.3. The Morgan fingerprint density at radius 2 is 1.39 bits per heavy atom. The topological polar surface area (TPSA) is 24.7 Å². The Labute approximate surface area is 271 Å². The molecule has 0 heterocycles. The molecule has 0 fully saturated rings. The lowest BCUT2D eigenvalue weighted by Crippen LogP contribution is -2.01. The highest BCUT2D eigenvalue weighted by molar-refractivity contribution is 6.13. The summed E-state index contributed by atoms with van der Waals surface area (Å²) in [6.45, 7) is 10.4. The van der Waals surface area contributed by atoms with Crippen molar-refractivity contribution in [3.63, 3.8) is 0 Å². The summed E-state index contributed by atoms with van der Waals surface area (Å²) in [6, 6.07) is 47.0. The number of aliphatic imine (C=N–C) groups is 2. The van der Waals surface area contributed by atoms with Gasteiger partial charge in [-0.15, -0.1) is 0 Å². The largest absolute Gasteiger partial charge is 0.280 e. The van der Waals surface area contributed by atoms with Crippen molar-refractivity contribution >= 4 is 45.2 Å². The lowest BCUT2D eigenvalue weighted by Gasteiger charge is -2.11. The van der Waals surface area contributed by atoms with E-state index < -0.39 is 0 Å². The molecule has 2 nitrogen and oxygen atoms in total. The molecule has 6 aromatic carbocycles. The number of hydrogen-bond donors (Lipinski definition) is 0. The quantitative estimate of drug-likeness (QED) is 0.112. The summed E-state index contributed by atoms with van der Waals surface area (Å²) in [5, 5.41) is 4.88. The molecule has 2 heteroatoms. The van der Waals surface area contributed by atoms with Gasteiger partial charge in [-0.25, -0.2) is 0 Å². The zero-order valence-corrected chi connectivity index (χ0v) is 26.1. The molecule has 0 aliphatic carbocycles. The standard InChI is InChI=1S/C44H36N2/c1-4-6-14-33(5-2)37-19-11-21-39(28-37)43(45-3)30-44(46-31-32-25-26-34-15-7-8-17-36(34)27-32)40-22-12-20-38(29-40)42-24-13-18-35-16-9-10-23-41(35)42/h4-30H,1,3,31H2,2H3/b14-6-,33-5+,43-30-,46-44?. The maximum Gasteiger partial charge on any atom is 0.0716 e. The Balaban J connectivity index is 1.45. The molecular weight excluding hydrogens is 556 g/mol. The van der Waals surface area contributed by atoms with Crippen LogP contribution in [0.3, 0.4) is 0 Å². The molecule has 6 aromatic rings. The second-order valence-electron chi connectivity index (χ2n) is 11.1. The van der Waals surface area contributed by atoms with Gasteiger partial charge in [0.2, 0.25) is 0 Å². The van der Waals surface area contributed by atoms with Crippen LogP contribution in [0.2, 0.25) is 0 Å². The summed E-state index contributed by atoms with van der Waals surface area (Å²) in [4.78, 5) is 9.72. The van der Waals surface area contributed by atoms with Crippen LogP contribution in [0.1, 0.15) is 29.2 Å². The van der Waals surface area contributed by atoms with Gasteiger partial charge in [-0.05, 0) is 87.3 Å². The smallest absolute Gasteiger partial charge is 0.0716 e. The van der Waals surface area contributed by atoms with E-state index in [-0.39, 0.29) is 0 Å². The number of allylic oxidation sites excluding steroid dienone is 6. The number of nitrogens with zero attached hydrogens (tertiary/aromatic N) is 2. The van der Waals surface area contributed by atoms with Gasteiger partial charge in [0.1, 0.15) is 0 Å². The predicted octanol–water partition coefficient (Wildman–Crippen LogP) is 11.5. The zero-order valence-electron chi connectivity index (χ0n) is 26.1. The lowest BCUT2D eigenvalue weighted by molar-refractivity contribution is 1.07. The monoisotopic (exact) mass is 592 g/mol. The van der Waals surface area contributed by atoms with E-state index in [1.807, 2.05) is 13.0 Å². The van der Waals surface area contributed by atoms with Crippen LogP contribution in [0.15, 0.2) is 180 Å². The molecule has 0 spiro atoms. The van der Waals surface area contributed by atoms with Crippen LogP contribution in [0, 0.1) is 0 Å². The molecule has 0 saturated carbocycles. The van der Waals surface area contributed by atoms with Crippen LogP contribution in [-0.4, -0.2) is 12.4 Å². The fourth-order valence-corrected chi connectivity index (χ4v) is 5.80. The second-order valence-corrected chi connectivity index (χ2v) is 11.1. The molecule has 0 aromatic heterocycles. The zero-order chi connectivity index (χ0) is 31.7. The fourth-order valence-electron chi connectivity index (χ4n) is 5.80. The van der Waals surface area contributed by atoms with Crippen molar-refractivity contribution in [2.75, 3.05) is 0 Å². The number of fused-ring (bicyclic) bond motifs is 2. The predicted molar refractivity (Wildman–Crippen MR) is 201 cm³/mol. The number of hydrogen-bond acceptors (Lipinski definition) is 2. The molecule has 0 atom stereocenters. The third kappa shape index (κ3) is 6.77. The van der Waals surface area contributed by atoms with E-state index in [1.54, 1.807) is 6.08 Å². The Morgan fingerprint density at radius 1 is 0.674 bits per heavy atom. The summed E-state index contributed by atoms with van der Waals surface area (Å²) in [5.41, 5.74) is 9.30. The first kappa shape index (κ1) is 30.2. The summed E-state index contributed by atoms with van der Waals surface area (Å²) in [6.07, 6.45) is 9.95. The van der Waals surface area contributed by atoms with Crippen molar-refractivity contribution in [3.8, 4) is 11.1 Å². The van der Waals surface area contributed by atoms with E-state index >= 15 is 0 Å². The Kier molecular flexibility index (Phi) is 9.37. The first-order valence-corrected chi connectivity index (χ1v) is 15.5.